The molecule has 0 amide bonds. The number of hydrogen-bond donors (Lipinski definition) is 3. The van der Waals surface area contributed by atoms with E-state index in [-0.39, 0.29) is 23.4 Å². The van der Waals surface area contributed by atoms with Gasteiger partial charge in [0.2, 0.25) is 5.95 Å². The van der Waals surface area contributed by atoms with Gasteiger partial charge in [0.1, 0.15) is 23.2 Å². The summed E-state index contributed by atoms with van der Waals surface area (Å²) in [5.41, 5.74) is 0.677. The Balaban J connectivity index is 1.67. The zero-order valence-electron chi connectivity index (χ0n) is 19.7. The highest BCUT2D eigenvalue weighted by Gasteiger charge is 2.26. The number of nitrogens with one attached hydrogen (secondary N) is 3. The predicted molar refractivity (Wildman–Crippen MR) is 129 cm³/mol. The summed E-state index contributed by atoms with van der Waals surface area (Å²) < 4.78 is 13.3. The number of anilines is 2. The molecule has 0 bridgehead atoms. The van der Waals surface area contributed by atoms with Crippen LogP contribution in [0.4, 0.5) is 16.2 Å². The van der Waals surface area contributed by atoms with Crippen molar-refractivity contribution in [3.63, 3.8) is 0 Å². The molecule has 180 valence electrons. The van der Waals surface area contributed by atoms with Crippen LogP contribution in [0.1, 0.15) is 73.8 Å². The third-order valence-electron chi connectivity index (χ3n) is 6.05. The summed E-state index contributed by atoms with van der Waals surface area (Å²) in [6.07, 6.45) is 6.84. The molecule has 0 saturated heterocycles. The minimum absolute atomic E-state index is 0.107. The van der Waals surface area contributed by atoms with Gasteiger partial charge in [0.25, 0.3) is 5.56 Å². The van der Waals surface area contributed by atoms with E-state index in [4.69, 9.17) is 5.41 Å². The normalized spacial score (nSPS) is 14.6. The lowest BCUT2D eigenvalue weighted by Gasteiger charge is -2.27. The van der Waals surface area contributed by atoms with Crippen molar-refractivity contribution >= 4 is 17.5 Å². The summed E-state index contributed by atoms with van der Waals surface area (Å²) in [5, 5.41) is 20.5. The van der Waals surface area contributed by atoms with Crippen LogP contribution in [0.25, 0.3) is 0 Å². The van der Waals surface area contributed by atoms with Gasteiger partial charge in [-0.25, -0.2) is 14.4 Å². The largest absolute Gasteiger partial charge is 0.363 e. The number of aromatic nitrogens is 5. The van der Waals surface area contributed by atoms with E-state index >= 15 is 0 Å². The molecule has 1 fully saturated rings. The first-order valence-corrected chi connectivity index (χ1v) is 11.4. The van der Waals surface area contributed by atoms with Crippen molar-refractivity contribution in [1.82, 2.24) is 24.9 Å². The molecule has 2 unspecified atom stereocenters. The lowest BCUT2D eigenvalue weighted by Crippen LogP contribution is -2.31. The van der Waals surface area contributed by atoms with Gasteiger partial charge in [0, 0.05) is 24.9 Å². The number of halogens is 1. The van der Waals surface area contributed by atoms with Gasteiger partial charge in [-0.2, -0.15) is 10.2 Å². The Bertz CT molecular complexity index is 1310. The molecule has 1 aliphatic carbocycles. The van der Waals surface area contributed by atoms with Crippen LogP contribution in [0.2, 0.25) is 0 Å². The summed E-state index contributed by atoms with van der Waals surface area (Å²) >= 11 is 0. The highest BCUT2D eigenvalue weighted by Crippen LogP contribution is 2.39. The topological polar surface area (TPSA) is 147 Å². The number of hydrogen-bond acceptors (Lipinski definition) is 9. The van der Waals surface area contributed by atoms with E-state index in [1.54, 1.807) is 24.2 Å². The van der Waals surface area contributed by atoms with Gasteiger partial charge in [-0.15, -0.1) is 0 Å². The van der Waals surface area contributed by atoms with Gasteiger partial charge in [-0.3, -0.25) is 20.2 Å². The van der Waals surface area contributed by atoms with Crippen LogP contribution in [0.5, 0.6) is 0 Å². The van der Waals surface area contributed by atoms with E-state index in [2.05, 4.69) is 30.2 Å². The lowest BCUT2D eigenvalue weighted by atomic mass is 10.1. The van der Waals surface area contributed by atoms with Crippen molar-refractivity contribution in [2.75, 3.05) is 17.3 Å². The smallest absolute Gasteiger partial charge is 0.264 e. The Hall–Kier alpha value is -4.20. The SMILES string of the molecule is CCC(c1ncc(F)cn1)N(C)c1nc(NC(C)c2ccc(C3CC3)nc2)c(C(=N)C#N)c(=O)[nH]1. The van der Waals surface area contributed by atoms with Crippen molar-refractivity contribution < 1.29 is 4.39 Å². The first-order valence-electron chi connectivity index (χ1n) is 11.4. The Morgan fingerprint density at radius 3 is 2.60 bits per heavy atom. The van der Waals surface area contributed by atoms with Crippen LogP contribution in [0.15, 0.2) is 35.5 Å². The third-order valence-corrected chi connectivity index (χ3v) is 6.05. The number of nitriles is 1. The molecule has 3 aromatic heterocycles. The molecule has 0 spiro atoms. The minimum Gasteiger partial charge on any atom is -0.363 e. The Morgan fingerprint density at radius 1 is 1.31 bits per heavy atom. The number of rotatable bonds is 9. The number of nitrogens with zero attached hydrogens (tertiary/aromatic N) is 6. The van der Waals surface area contributed by atoms with Crippen molar-refractivity contribution in [1.29, 1.82) is 10.7 Å². The monoisotopic (exact) mass is 475 g/mol. The summed E-state index contributed by atoms with van der Waals surface area (Å²) in [6.45, 7) is 3.80. The van der Waals surface area contributed by atoms with Gasteiger partial charge in [0.15, 0.2) is 11.6 Å². The van der Waals surface area contributed by atoms with Crippen molar-refractivity contribution in [2.24, 2.45) is 0 Å². The molecule has 3 heterocycles. The lowest BCUT2D eigenvalue weighted by molar-refractivity contribution is 0.569. The minimum atomic E-state index is -0.625. The number of pyridine rings is 1. The molecular formula is C24H26FN9O. The summed E-state index contributed by atoms with van der Waals surface area (Å²) in [7, 11) is 1.71. The van der Waals surface area contributed by atoms with Gasteiger partial charge >= 0.3 is 0 Å². The van der Waals surface area contributed by atoms with Crippen LogP contribution < -0.4 is 15.8 Å². The molecular weight excluding hydrogens is 449 g/mol. The van der Waals surface area contributed by atoms with Crippen molar-refractivity contribution in [3.8, 4) is 6.07 Å². The van der Waals surface area contributed by atoms with E-state index < -0.39 is 23.1 Å². The quantitative estimate of drug-likeness (QED) is 0.398. The standard InChI is InChI=1S/C24H26FN9O/c1-4-19(21-29-11-16(25)12-30-21)34(3)24-32-22(20(17(27)9-26)23(35)33-24)31-13(2)15-7-8-18(28-10-15)14-5-6-14/h7-8,10-14,19,27H,4-6H2,1-3H3,(H2,31,32,33,35). The van der Waals surface area contributed by atoms with Crippen LogP contribution in [-0.4, -0.2) is 37.7 Å². The summed E-state index contributed by atoms with van der Waals surface area (Å²) in [5.74, 6) is 0.672. The van der Waals surface area contributed by atoms with Gasteiger partial charge in [-0.05, 0) is 37.8 Å². The van der Waals surface area contributed by atoms with E-state index in [9.17, 15) is 14.4 Å². The second kappa shape index (κ2) is 9.97. The molecule has 0 aromatic carbocycles. The summed E-state index contributed by atoms with van der Waals surface area (Å²) in [4.78, 5) is 34.5. The zero-order chi connectivity index (χ0) is 25.1. The Kier molecular flexibility index (Phi) is 6.82. The number of H-pyrrole nitrogens is 1. The summed E-state index contributed by atoms with van der Waals surface area (Å²) in [6, 6.07) is 5.01. The van der Waals surface area contributed by atoms with E-state index in [1.807, 2.05) is 26.0 Å². The first-order chi connectivity index (χ1) is 16.8. The molecule has 3 aromatic rings. The van der Waals surface area contributed by atoms with Gasteiger partial charge in [0.05, 0.1) is 24.5 Å². The molecule has 4 rings (SSSR count). The molecule has 3 N–H and O–H groups in total. The molecule has 0 aliphatic heterocycles. The van der Waals surface area contributed by atoms with Crippen LogP contribution in [0, 0.1) is 22.6 Å². The molecule has 2 atom stereocenters. The maximum atomic E-state index is 13.3. The molecule has 1 aliphatic rings. The van der Waals surface area contributed by atoms with Gasteiger partial charge in [-0.1, -0.05) is 13.0 Å². The fourth-order valence-corrected chi connectivity index (χ4v) is 3.87. The molecule has 1 saturated carbocycles. The fourth-order valence-electron chi connectivity index (χ4n) is 3.87. The Labute approximate surface area is 201 Å². The van der Waals surface area contributed by atoms with Crippen molar-refractivity contribution in [2.45, 2.75) is 51.1 Å². The fraction of sp³-hybridized carbons (Fsp3) is 0.375. The van der Waals surface area contributed by atoms with Gasteiger partial charge < -0.3 is 10.2 Å². The highest BCUT2D eigenvalue weighted by atomic mass is 19.1. The second-order valence-corrected chi connectivity index (χ2v) is 8.55. The molecule has 10 nitrogen and oxygen atoms in total. The molecule has 0 radical (unpaired) electrons. The average molecular weight is 476 g/mol. The van der Waals surface area contributed by atoms with Crippen LogP contribution >= 0.6 is 0 Å². The van der Waals surface area contributed by atoms with E-state index in [0.717, 1.165) is 36.5 Å². The molecule has 11 heteroatoms. The van der Waals surface area contributed by atoms with E-state index in [1.165, 1.54) is 0 Å². The highest BCUT2D eigenvalue weighted by molar-refractivity contribution is 6.12. The maximum Gasteiger partial charge on any atom is 0.264 e. The number of aromatic amines is 1. The maximum absolute atomic E-state index is 13.3. The van der Waals surface area contributed by atoms with Crippen LogP contribution in [-0.2, 0) is 0 Å². The zero-order valence-corrected chi connectivity index (χ0v) is 19.7. The third kappa shape index (κ3) is 5.16. The second-order valence-electron chi connectivity index (χ2n) is 8.55. The Morgan fingerprint density at radius 2 is 2.03 bits per heavy atom. The molecule has 35 heavy (non-hydrogen) atoms. The van der Waals surface area contributed by atoms with Crippen LogP contribution in [0.3, 0.4) is 0 Å². The first kappa shape index (κ1) is 23.9. The van der Waals surface area contributed by atoms with E-state index in [0.29, 0.717) is 18.2 Å². The predicted octanol–water partition coefficient (Wildman–Crippen LogP) is 3.62. The average Bonchev–Trinajstić information content (AvgIpc) is 3.70. The van der Waals surface area contributed by atoms with Crippen molar-refractivity contribution in [3.05, 3.63) is 69.5 Å².